The van der Waals surface area contributed by atoms with Gasteiger partial charge < -0.3 is 25.7 Å². The van der Waals surface area contributed by atoms with Gasteiger partial charge in [-0.25, -0.2) is 0 Å². The van der Waals surface area contributed by atoms with Gasteiger partial charge >= 0.3 is 0 Å². The number of hydrogen-bond acceptors (Lipinski definition) is 4. The Hall–Kier alpha value is -3.41. The lowest BCUT2D eigenvalue weighted by Crippen LogP contribution is -2.40. The average Bonchev–Trinajstić information content (AvgIpc) is 3.42. The Bertz CT molecular complexity index is 1300. The first-order valence-electron chi connectivity index (χ1n) is 13.4. The lowest BCUT2D eigenvalue weighted by molar-refractivity contribution is -0.136. The van der Waals surface area contributed by atoms with Crippen molar-refractivity contribution in [1.82, 2.24) is 9.88 Å². The Balaban J connectivity index is 1.22. The van der Waals surface area contributed by atoms with Crippen LogP contribution in [-0.4, -0.2) is 36.0 Å². The van der Waals surface area contributed by atoms with Crippen LogP contribution in [-0.2, 0) is 4.79 Å². The Morgan fingerprint density at radius 1 is 1.06 bits per heavy atom. The first-order chi connectivity index (χ1) is 17.6. The molecule has 2 aliphatic carbocycles. The molecule has 0 unspecified atom stereocenters. The van der Waals surface area contributed by atoms with Crippen LogP contribution in [0.2, 0.25) is 0 Å². The number of likely N-dealkylation sites (tertiary alicyclic amines) is 1. The van der Waals surface area contributed by atoms with Crippen LogP contribution in [0.3, 0.4) is 0 Å². The van der Waals surface area contributed by atoms with Crippen LogP contribution < -0.4 is 15.8 Å². The maximum Gasteiger partial charge on any atom is 0.225 e. The summed E-state index contributed by atoms with van der Waals surface area (Å²) in [5.74, 6) is 1.97. The zero-order chi connectivity index (χ0) is 24.6. The van der Waals surface area contributed by atoms with Crippen LogP contribution in [0.5, 0.6) is 5.75 Å². The van der Waals surface area contributed by atoms with Crippen molar-refractivity contribution < 1.29 is 9.53 Å². The Morgan fingerprint density at radius 2 is 1.83 bits per heavy atom. The smallest absolute Gasteiger partial charge is 0.225 e. The fourth-order valence-corrected chi connectivity index (χ4v) is 6.12. The molecule has 1 amide bonds. The molecule has 2 saturated carbocycles. The minimum Gasteiger partial charge on any atom is -0.496 e. The first kappa shape index (κ1) is 23.0. The second-order valence-electron chi connectivity index (χ2n) is 10.6. The maximum absolute atomic E-state index is 12.9. The Labute approximate surface area is 212 Å². The Morgan fingerprint density at radius 3 is 2.56 bits per heavy atom. The van der Waals surface area contributed by atoms with Crippen molar-refractivity contribution in [1.29, 1.82) is 0 Å². The number of nitrogen functional groups attached to an aromatic ring is 1. The van der Waals surface area contributed by atoms with Crippen LogP contribution >= 0.6 is 0 Å². The van der Waals surface area contributed by atoms with Gasteiger partial charge in [-0.05, 0) is 92.0 Å². The number of amides is 1. The van der Waals surface area contributed by atoms with E-state index in [-0.39, 0.29) is 5.92 Å². The van der Waals surface area contributed by atoms with Crippen molar-refractivity contribution in [2.45, 2.75) is 57.3 Å². The summed E-state index contributed by atoms with van der Waals surface area (Å²) in [6.07, 6.45) is 11.0. The van der Waals surface area contributed by atoms with Crippen molar-refractivity contribution in [3.8, 4) is 5.75 Å². The predicted molar refractivity (Wildman–Crippen MR) is 146 cm³/mol. The normalized spacial score (nSPS) is 18.6. The number of anilines is 2. The van der Waals surface area contributed by atoms with E-state index >= 15 is 0 Å². The quantitative estimate of drug-likeness (QED) is 0.360. The number of carbonyl (C=O) groups is 1. The topological polar surface area (TPSA) is 83.4 Å². The molecule has 0 atom stereocenters. The summed E-state index contributed by atoms with van der Waals surface area (Å²) < 4.78 is 5.65. The van der Waals surface area contributed by atoms with E-state index in [0.717, 1.165) is 85.5 Å². The number of carbonyl (C=O) groups excluding carboxylic acids is 1. The lowest BCUT2D eigenvalue weighted by atomic mass is 9.88. The highest BCUT2D eigenvalue weighted by Gasteiger charge is 2.31. The molecule has 4 N–H and O–H groups in total. The highest BCUT2D eigenvalue weighted by Crippen LogP contribution is 2.41. The number of fused-ring (bicyclic) bond motifs is 1. The molecule has 6 rings (SSSR count). The fourth-order valence-electron chi connectivity index (χ4n) is 6.12. The standard InChI is InChI=1S/C30H36N4O2/c1-36-28-11-8-22(31)16-25(28)29(20-6-7-20)33-23-9-10-27-24(17-23)26(18-32-27)19-12-14-34(15-13-19)30(35)21-4-2-3-5-21/h8-11,16-19,21,32-33H,2-7,12-15,31H2,1H3. The molecule has 1 aromatic heterocycles. The first-order valence-corrected chi connectivity index (χ1v) is 13.4. The number of methoxy groups -OCH3 is 1. The molecule has 1 saturated heterocycles. The van der Waals surface area contributed by atoms with Gasteiger partial charge in [0, 0.05) is 58.7 Å². The van der Waals surface area contributed by atoms with Crippen LogP contribution in [0.25, 0.3) is 16.6 Å². The molecule has 3 aliphatic rings. The van der Waals surface area contributed by atoms with E-state index in [1.807, 2.05) is 18.2 Å². The SMILES string of the molecule is COc1ccc(N)cc1C(Nc1ccc2[nH]cc(C3CCN(C(=O)C4CCCC4)CC3)c2c1)=C1CC1. The molecule has 6 heteroatoms. The minimum atomic E-state index is 0.275. The van der Waals surface area contributed by atoms with Gasteiger partial charge in [0.25, 0.3) is 0 Å². The third kappa shape index (κ3) is 4.45. The summed E-state index contributed by atoms with van der Waals surface area (Å²) in [7, 11) is 1.70. The van der Waals surface area contributed by atoms with E-state index in [2.05, 4.69) is 39.6 Å². The monoisotopic (exact) mass is 484 g/mol. The number of piperidine rings is 1. The molecule has 0 bridgehead atoms. The second-order valence-corrected chi connectivity index (χ2v) is 10.6. The molecule has 3 fully saturated rings. The Kier molecular flexibility index (Phi) is 6.12. The van der Waals surface area contributed by atoms with Gasteiger partial charge in [-0.2, -0.15) is 0 Å². The number of hydrogen-bond donors (Lipinski definition) is 3. The molecule has 1 aliphatic heterocycles. The summed E-state index contributed by atoms with van der Waals surface area (Å²) in [6, 6.07) is 12.4. The zero-order valence-electron chi connectivity index (χ0n) is 21.1. The van der Waals surface area contributed by atoms with E-state index in [1.165, 1.54) is 29.4 Å². The molecule has 2 heterocycles. The molecular formula is C30H36N4O2. The maximum atomic E-state index is 12.9. The third-order valence-electron chi connectivity index (χ3n) is 8.28. The molecular weight excluding hydrogens is 448 g/mol. The molecule has 188 valence electrons. The third-order valence-corrected chi connectivity index (χ3v) is 8.28. The van der Waals surface area contributed by atoms with E-state index < -0.39 is 0 Å². The lowest BCUT2D eigenvalue weighted by Gasteiger charge is -2.33. The molecule has 3 aromatic rings. The van der Waals surface area contributed by atoms with Gasteiger partial charge in [-0.15, -0.1) is 0 Å². The van der Waals surface area contributed by atoms with Crippen LogP contribution in [0.4, 0.5) is 11.4 Å². The summed E-state index contributed by atoms with van der Waals surface area (Å²) in [5, 5.41) is 4.97. The van der Waals surface area contributed by atoms with Crippen molar-refractivity contribution in [3.05, 3.63) is 59.3 Å². The van der Waals surface area contributed by atoms with Gasteiger partial charge in [0.15, 0.2) is 0 Å². The van der Waals surface area contributed by atoms with Gasteiger partial charge in [0.2, 0.25) is 5.91 Å². The summed E-state index contributed by atoms with van der Waals surface area (Å²) >= 11 is 0. The number of nitrogens with one attached hydrogen (secondary N) is 2. The summed E-state index contributed by atoms with van der Waals surface area (Å²) in [6.45, 7) is 1.74. The highest BCUT2D eigenvalue weighted by atomic mass is 16.5. The summed E-state index contributed by atoms with van der Waals surface area (Å²) in [5.41, 5.74) is 14.0. The van der Waals surface area contributed by atoms with Crippen LogP contribution in [0.15, 0.2) is 48.2 Å². The average molecular weight is 485 g/mol. The fraction of sp³-hybridized carbons (Fsp3) is 0.433. The van der Waals surface area contributed by atoms with Gasteiger partial charge in [-0.3, -0.25) is 4.79 Å². The molecule has 6 nitrogen and oxygen atoms in total. The van der Waals surface area contributed by atoms with Crippen molar-refractivity contribution in [3.63, 3.8) is 0 Å². The number of rotatable bonds is 6. The number of aromatic nitrogens is 1. The minimum absolute atomic E-state index is 0.275. The van der Waals surface area contributed by atoms with Gasteiger partial charge in [-0.1, -0.05) is 12.8 Å². The summed E-state index contributed by atoms with van der Waals surface area (Å²) in [4.78, 5) is 18.5. The highest BCUT2D eigenvalue weighted by molar-refractivity contribution is 5.91. The number of ether oxygens (including phenoxy) is 1. The molecule has 2 aromatic carbocycles. The van der Waals surface area contributed by atoms with Crippen molar-refractivity contribution in [2.75, 3.05) is 31.2 Å². The zero-order valence-corrected chi connectivity index (χ0v) is 21.1. The van der Waals surface area contributed by atoms with Gasteiger partial charge in [0.1, 0.15) is 5.75 Å². The van der Waals surface area contributed by atoms with E-state index in [0.29, 0.717) is 11.8 Å². The van der Waals surface area contributed by atoms with Gasteiger partial charge in [0.05, 0.1) is 7.11 Å². The number of nitrogens with zero attached hydrogens (tertiary/aromatic N) is 1. The number of benzene rings is 2. The molecule has 0 spiro atoms. The van der Waals surface area contributed by atoms with Crippen molar-refractivity contribution in [2.24, 2.45) is 5.92 Å². The molecule has 36 heavy (non-hydrogen) atoms. The molecule has 0 radical (unpaired) electrons. The van der Waals surface area contributed by atoms with E-state index in [9.17, 15) is 4.79 Å². The van der Waals surface area contributed by atoms with E-state index in [1.54, 1.807) is 7.11 Å². The number of nitrogens with two attached hydrogens (primary N) is 1. The predicted octanol–water partition coefficient (Wildman–Crippen LogP) is 6.27. The number of allylic oxidation sites excluding steroid dienone is 1. The van der Waals surface area contributed by atoms with Crippen LogP contribution in [0, 0.1) is 5.92 Å². The van der Waals surface area contributed by atoms with E-state index in [4.69, 9.17) is 10.5 Å². The van der Waals surface area contributed by atoms with Crippen LogP contribution in [0.1, 0.15) is 68.4 Å². The number of H-pyrrole nitrogens is 1. The van der Waals surface area contributed by atoms with Crippen molar-refractivity contribution >= 4 is 33.9 Å². The number of aromatic amines is 1. The largest absolute Gasteiger partial charge is 0.496 e. The second kappa shape index (κ2) is 9.57.